The summed E-state index contributed by atoms with van der Waals surface area (Å²) in [6.45, 7) is 4.01. The van der Waals surface area contributed by atoms with Gasteiger partial charge in [0.1, 0.15) is 0 Å². The van der Waals surface area contributed by atoms with Gasteiger partial charge in [-0.1, -0.05) is 18.2 Å². The Morgan fingerprint density at radius 3 is 2.74 bits per heavy atom. The number of ether oxygens (including phenoxy) is 1. The lowest BCUT2D eigenvalue weighted by molar-refractivity contribution is -0.138. The second kappa shape index (κ2) is 7.36. The van der Waals surface area contributed by atoms with Crippen LogP contribution in [-0.4, -0.2) is 23.7 Å². The van der Waals surface area contributed by atoms with E-state index in [9.17, 15) is 9.59 Å². The van der Waals surface area contributed by atoms with Gasteiger partial charge >= 0.3 is 11.9 Å². The zero-order valence-corrected chi connectivity index (χ0v) is 11.2. The van der Waals surface area contributed by atoms with Gasteiger partial charge in [0.15, 0.2) is 0 Å². The van der Waals surface area contributed by atoms with E-state index in [2.05, 4.69) is 0 Å². The summed E-state index contributed by atoms with van der Waals surface area (Å²) in [7, 11) is 0. The van der Waals surface area contributed by atoms with Crippen LogP contribution in [0.3, 0.4) is 0 Å². The third-order valence-corrected chi connectivity index (χ3v) is 2.72. The van der Waals surface area contributed by atoms with Crippen LogP contribution in [0.2, 0.25) is 0 Å². The lowest BCUT2D eigenvalue weighted by Crippen LogP contribution is -2.02. The van der Waals surface area contributed by atoms with Crippen LogP contribution in [0.4, 0.5) is 0 Å². The second-order valence-corrected chi connectivity index (χ2v) is 4.12. The molecule has 0 unspecified atom stereocenters. The topological polar surface area (TPSA) is 63.6 Å². The van der Waals surface area contributed by atoms with Crippen molar-refractivity contribution in [2.24, 2.45) is 0 Å². The normalized spacial score (nSPS) is 10.6. The SMILES string of the molecule is CCOC(=O)/C=C/c1cccc(C)c1CCC(=O)O. The fraction of sp³-hybridized carbons (Fsp3) is 0.333. The van der Waals surface area contributed by atoms with Crippen molar-refractivity contribution in [1.82, 2.24) is 0 Å². The van der Waals surface area contributed by atoms with Crippen LogP contribution in [0.15, 0.2) is 24.3 Å². The number of aliphatic carboxylic acids is 1. The molecule has 0 aliphatic heterocycles. The summed E-state index contributed by atoms with van der Waals surface area (Å²) in [6.07, 6.45) is 3.56. The second-order valence-electron chi connectivity index (χ2n) is 4.12. The third-order valence-electron chi connectivity index (χ3n) is 2.72. The monoisotopic (exact) mass is 262 g/mol. The van der Waals surface area contributed by atoms with E-state index >= 15 is 0 Å². The van der Waals surface area contributed by atoms with Gasteiger partial charge in [0.25, 0.3) is 0 Å². The lowest BCUT2D eigenvalue weighted by atomic mass is 9.97. The molecular formula is C15H18O4. The molecule has 0 aliphatic rings. The van der Waals surface area contributed by atoms with Gasteiger partial charge in [-0.3, -0.25) is 4.79 Å². The van der Waals surface area contributed by atoms with Crippen molar-refractivity contribution >= 4 is 18.0 Å². The molecule has 1 aromatic carbocycles. The number of carbonyl (C=O) groups excluding carboxylic acids is 1. The Hall–Kier alpha value is -2.10. The van der Waals surface area contributed by atoms with Gasteiger partial charge in [-0.15, -0.1) is 0 Å². The van der Waals surface area contributed by atoms with E-state index in [0.717, 1.165) is 16.7 Å². The fourth-order valence-electron chi connectivity index (χ4n) is 1.80. The number of carboxylic acid groups (broad SMARTS) is 1. The summed E-state index contributed by atoms with van der Waals surface area (Å²) < 4.78 is 4.81. The molecule has 0 aliphatic carbocycles. The van der Waals surface area contributed by atoms with E-state index in [-0.39, 0.29) is 6.42 Å². The highest BCUT2D eigenvalue weighted by Crippen LogP contribution is 2.18. The predicted molar refractivity (Wildman–Crippen MR) is 72.8 cm³/mol. The molecule has 1 rings (SSSR count). The molecule has 0 saturated carbocycles. The number of hydrogen-bond acceptors (Lipinski definition) is 3. The molecule has 0 atom stereocenters. The molecule has 0 bridgehead atoms. The first-order valence-electron chi connectivity index (χ1n) is 6.19. The maximum absolute atomic E-state index is 11.3. The fourth-order valence-corrected chi connectivity index (χ4v) is 1.80. The number of aryl methyl sites for hydroxylation is 1. The van der Waals surface area contributed by atoms with Crippen molar-refractivity contribution < 1.29 is 19.4 Å². The zero-order valence-electron chi connectivity index (χ0n) is 11.2. The Morgan fingerprint density at radius 1 is 1.37 bits per heavy atom. The number of benzene rings is 1. The molecular weight excluding hydrogens is 244 g/mol. The molecule has 0 aromatic heterocycles. The molecule has 0 heterocycles. The number of hydrogen-bond donors (Lipinski definition) is 1. The van der Waals surface area contributed by atoms with E-state index in [4.69, 9.17) is 9.84 Å². The molecule has 1 aromatic rings. The number of rotatable bonds is 6. The summed E-state index contributed by atoms with van der Waals surface area (Å²) >= 11 is 0. The molecule has 1 N–H and O–H groups in total. The van der Waals surface area contributed by atoms with Crippen LogP contribution in [-0.2, 0) is 20.7 Å². The summed E-state index contributed by atoms with van der Waals surface area (Å²) in [5, 5.41) is 8.75. The first-order chi connectivity index (χ1) is 9.04. The molecule has 0 radical (unpaired) electrons. The van der Waals surface area contributed by atoms with Crippen LogP contribution in [0, 0.1) is 6.92 Å². The van der Waals surface area contributed by atoms with Crippen LogP contribution < -0.4 is 0 Å². The minimum Gasteiger partial charge on any atom is -0.481 e. The third kappa shape index (κ3) is 4.95. The number of carbonyl (C=O) groups is 2. The van der Waals surface area contributed by atoms with Gasteiger partial charge in [-0.2, -0.15) is 0 Å². The maximum Gasteiger partial charge on any atom is 0.330 e. The molecule has 4 heteroatoms. The van der Waals surface area contributed by atoms with Gasteiger partial charge in [0.2, 0.25) is 0 Å². The molecule has 4 nitrogen and oxygen atoms in total. The van der Waals surface area contributed by atoms with Crippen LogP contribution in [0.1, 0.15) is 30.0 Å². The van der Waals surface area contributed by atoms with E-state index in [1.807, 2.05) is 25.1 Å². The van der Waals surface area contributed by atoms with E-state index in [1.54, 1.807) is 13.0 Å². The van der Waals surface area contributed by atoms with Crippen molar-refractivity contribution in [3.8, 4) is 0 Å². The Balaban J connectivity index is 2.90. The largest absolute Gasteiger partial charge is 0.481 e. The van der Waals surface area contributed by atoms with E-state index in [0.29, 0.717) is 13.0 Å². The molecule has 0 saturated heterocycles. The summed E-state index contributed by atoms with van der Waals surface area (Å²) in [6, 6.07) is 5.67. The van der Waals surface area contributed by atoms with E-state index < -0.39 is 11.9 Å². The highest BCUT2D eigenvalue weighted by Gasteiger charge is 2.06. The number of esters is 1. The highest BCUT2D eigenvalue weighted by atomic mass is 16.5. The van der Waals surface area contributed by atoms with Gasteiger partial charge < -0.3 is 9.84 Å². The summed E-state index contributed by atoms with van der Waals surface area (Å²) in [5.74, 6) is -1.23. The minimum atomic E-state index is -0.830. The molecule has 0 spiro atoms. The average molecular weight is 262 g/mol. The van der Waals surface area contributed by atoms with Gasteiger partial charge in [0.05, 0.1) is 6.61 Å². The maximum atomic E-state index is 11.3. The standard InChI is InChI=1S/C15H18O4/c1-3-19-15(18)10-7-12-6-4-5-11(2)13(12)8-9-14(16)17/h4-7,10H,3,8-9H2,1-2H3,(H,16,17)/b10-7+. The first-order valence-corrected chi connectivity index (χ1v) is 6.19. The van der Waals surface area contributed by atoms with Gasteiger partial charge in [0, 0.05) is 12.5 Å². The lowest BCUT2D eigenvalue weighted by Gasteiger charge is -2.08. The Bertz CT molecular complexity index is 489. The Kier molecular flexibility index (Phi) is 5.79. The highest BCUT2D eigenvalue weighted by molar-refractivity contribution is 5.87. The molecule has 0 amide bonds. The zero-order chi connectivity index (χ0) is 14.3. The van der Waals surface area contributed by atoms with Crippen LogP contribution in [0.25, 0.3) is 6.08 Å². The van der Waals surface area contributed by atoms with Crippen molar-refractivity contribution in [3.63, 3.8) is 0 Å². The van der Waals surface area contributed by atoms with E-state index in [1.165, 1.54) is 6.08 Å². The van der Waals surface area contributed by atoms with Crippen molar-refractivity contribution in [1.29, 1.82) is 0 Å². The minimum absolute atomic E-state index is 0.0745. The predicted octanol–water partition coefficient (Wildman–Crippen LogP) is 2.59. The quantitative estimate of drug-likeness (QED) is 0.632. The van der Waals surface area contributed by atoms with Gasteiger partial charge in [-0.25, -0.2) is 4.79 Å². The Labute approximate surface area is 112 Å². The Morgan fingerprint density at radius 2 is 2.11 bits per heavy atom. The molecule has 19 heavy (non-hydrogen) atoms. The van der Waals surface area contributed by atoms with Crippen LogP contribution in [0.5, 0.6) is 0 Å². The molecule has 102 valence electrons. The number of carboxylic acids is 1. The van der Waals surface area contributed by atoms with Gasteiger partial charge in [-0.05, 0) is 43.0 Å². The van der Waals surface area contributed by atoms with Crippen LogP contribution >= 0.6 is 0 Å². The smallest absolute Gasteiger partial charge is 0.330 e. The first kappa shape index (κ1) is 15.0. The van der Waals surface area contributed by atoms with Crippen molar-refractivity contribution in [2.45, 2.75) is 26.7 Å². The summed E-state index contributed by atoms with van der Waals surface area (Å²) in [4.78, 5) is 21.9. The van der Waals surface area contributed by atoms with Crippen molar-refractivity contribution in [2.75, 3.05) is 6.61 Å². The summed E-state index contributed by atoms with van der Waals surface area (Å²) in [5.41, 5.74) is 2.83. The average Bonchev–Trinajstić information content (AvgIpc) is 2.35. The van der Waals surface area contributed by atoms with Crippen molar-refractivity contribution in [3.05, 3.63) is 41.0 Å². The molecule has 0 fully saturated rings.